The monoisotopic (exact) mass is 457 g/mol. The molecule has 3 N–H and O–H groups in total. The first kappa shape index (κ1) is 22.3. The Kier molecular flexibility index (Phi) is 5.16. The van der Waals surface area contributed by atoms with E-state index < -0.39 is 34.5 Å². The van der Waals surface area contributed by atoms with Crippen molar-refractivity contribution in [3.8, 4) is 0 Å². The summed E-state index contributed by atoms with van der Waals surface area (Å²) in [6.07, 6.45) is 2.86. The standard InChI is InChI=1S/C22H24N4O7/c1-3-17(27)22(8-11-23(12-9-22)10-7-19(28)29)25-14-5-6-15-16(13-14)26(25,21(32)33)18(4-2)24(15)20(30)31/h5-6,8-9,11-13,18H,3-4,7,10H2,1-2H3,(H2-,28,29,30,31,32,33)/p+1. The number of quaternary nitrogens is 1. The second-order valence-corrected chi connectivity index (χ2v) is 8.11. The largest absolute Gasteiger partial charge is 0.546 e. The van der Waals surface area contributed by atoms with Gasteiger partial charge in [-0.25, -0.2) is 9.69 Å². The van der Waals surface area contributed by atoms with E-state index in [1.54, 1.807) is 61.5 Å². The van der Waals surface area contributed by atoms with Gasteiger partial charge in [0.1, 0.15) is 5.69 Å². The molecule has 174 valence electrons. The van der Waals surface area contributed by atoms with Crippen molar-refractivity contribution in [3.63, 3.8) is 0 Å². The van der Waals surface area contributed by atoms with Crippen LogP contribution in [-0.4, -0.2) is 62.4 Å². The van der Waals surface area contributed by atoms with Gasteiger partial charge in [0.25, 0.3) is 0 Å². The van der Waals surface area contributed by atoms with Gasteiger partial charge >= 0.3 is 18.2 Å². The van der Waals surface area contributed by atoms with Crippen LogP contribution in [0.15, 0.2) is 42.8 Å². The van der Waals surface area contributed by atoms with Gasteiger partial charge in [0.2, 0.25) is 6.17 Å². The summed E-state index contributed by atoms with van der Waals surface area (Å²) < 4.78 is -0.865. The number of ketones is 1. The maximum Gasteiger partial charge on any atom is 0.546 e. The van der Waals surface area contributed by atoms with Crippen LogP contribution in [0.1, 0.15) is 33.1 Å². The Morgan fingerprint density at radius 2 is 1.73 bits per heavy atom. The van der Waals surface area contributed by atoms with Gasteiger partial charge in [-0.1, -0.05) is 18.4 Å². The van der Waals surface area contributed by atoms with Crippen LogP contribution in [0.4, 0.5) is 26.7 Å². The number of carbonyl (C=O) groups excluding carboxylic acids is 1. The van der Waals surface area contributed by atoms with E-state index in [-0.39, 0.29) is 43.0 Å². The SMILES string of the molecule is CCC(=O)C1(N2c3ccc4c(c3)[N+]2(C(=O)O)C(CC)N4C(=O)O)C=CN(CCC(=O)O)C=C1. The molecule has 1 aromatic carbocycles. The molecule has 0 saturated heterocycles. The number of fused-ring (bicyclic) bond motifs is 1. The number of nitrogens with zero attached hydrogens (tertiary/aromatic N) is 4. The highest BCUT2D eigenvalue weighted by Gasteiger charge is 2.70. The number of amides is 2. The van der Waals surface area contributed by atoms with Gasteiger partial charge in [0, 0.05) is 37.9 Å². The number of carbonyl (C=O) groups is 4. The Balaban J connectivity index is 1.90. The zero-order valence-corrected chi connectivity index (χ0v) is 18.2. The van der Waals surface area contributed by atoms with E-state index in [9.17, 15) is 29.4 Å². The van der Waals surface area contributed by atoms with Gasteiger partial charge < -0.3 is 20.2 Å². The van der Waals surface area contributed by atoms with Crippen LogP contribution >= 0.6 is 0 Å². The van der Waals surface area contributed by atoms with Crippen molar-refractivity contribution >= 4 is 41.0 Å². The summed E-state index contributed by atoms with van der Waals surface area (Å²) in [5.41, 5.74) is -0.473. The molecule has 2 unspecified atom stereocenters. The molecule has 3 aliphatic heterocycles. The number of hydrogen-bond acceptors (Lipinski definition) is 6. The number of rotatable bonds is 7. The smallest absolute Gasteiger partial charge is 0.481 e. The quantitative estimate of drug-likeness (QED) is 0.527. The van der Waals surface area contributed by atoms with Crippen molar-refractivity contribution in [2.75, 3.05) is 16.5 Å². The van der Waals surface area contributed by atoms with Gasteiger partial charge in [-0.05, 0) is 24.3 Å². The first-order valence-electron chi connectivity index (χ1n) is 10.6. The molecule has 0 fully saturated rings. The molecule has 0 aliphatic carbocycles. The molecule has 11 nitrogen and oxygen atoms in total. The summed E-state index contributed by atoms with van der Waals surface area (Å²) >= 11 is 0. The summed E-state index contributed by atoms with van der Waals surface area (Å²) in [5, 5.41) is 30.9. The maximum atomic E-state index is 13.4. The van der Waals surface area contributed by atoms with Crippen LogP contribution in [0.2, 0.25) is 0 Å². The van der Waals surface area contributed by atoms with E-state index in [4.69, 9.17) is 5.11 Å². The van der Waals surface area contributed by atoms with E-state index in [1.165, 1.54) is 5.01 Å². The van der Waals surface area contributed by atoms with Crippen LogP contribution in [-0.2, 0) is 9.59 Å². The third-order valence-electron chi connectivity index (χ3n) is 6.48. The molecule has 33 heavy (non-hydrogen) atoms. The fourth-order valence-electron chi connectivity index (χ4n) is 5.13. The highest BCUT2D eigenvalue weighted by molar-refractivity contribution is 6.08. The lowest BCUT2D eigenvalue weighted by molar-refractivity contribution is -0.137. The molecule has 2 atom stereocenters. The molecule has 11 heteroatoms. The molecule has 2 amide bonds. The minimum absolute atomic E-state index is 0.0995. The topological polar surface area (TPSA) is 139 Å². The number of aliphatic carboxylic acids is 1. The molecule has 1 aromatic rings. The lowest BCUT2D eigenvalue weighted by atomic mass is 9.88. The van der Waals surface area contributed by atoms with E-state index in [1.807, 2.05) is 0 Å². The summed E-state index contributed by atoms with van der Waals surface area (Å²) in [6.45, 7) is 3.57. The Hall–Kier alpha value is -3.86. The first-order chi connectivity index (χ1) is 15.6. The van der Waals surface area contributed by atoms with Gasteiger partial charge in [0.15, 0.2) is 17.0 Å². The average molecular weight is 457 g/mol. The Labute approximate surface area is 189 Å². The first-order valence-corrected chi connectivity index (χ1v) is 10.6. The third kappa shape index (κ3) is 2.85. The van der Waals surface area contributed by atoms with Crippen LogP contribution in [0.3, 0.4) is 0 Å². The van der Waals surface area contributed by atoms with Gasteiger partial charge in [0.05, 0.1) is 12.1 Å². The summed E-state index contributed by atoms with van der Waals surface area (Å²) in [7, 11) is 0. The minimum atomic E-state index is -1.51. The Morgan fingerprint density at radius 3 is 2.24 bits per heavy atom. The number of benzene rings is 1. The zero-order valence-electron chi connectivity index (χ0n) is 18.2. The van der Waals surface area contributed by atoms with E-state index >= 15 is 0 Å². The molecule has 0 radical (unpaired) electrons. The second kappa shape index (κ2) is 7.62. The van der Waals surface area contributed by atoms with Crippen LogP contribution in [0.25, 0.3) is 0 Å². The highest BCUT2D eigenvalue weighted by atomic mass is 16.4. The zero-order chi connectivity index (χ0) is 24.1. The van der Waals surface area contributed by atoms with Crippen LogP contribution in [0.5, 0.6) is 0 Å². The predicted molar refractivity (Wildman–Crippen MR) is 119 cm³/mol. The van der Waals surface area contributed by atoms with Crippen molar-refractivity contribution in [2.45, 2.75) is 44.8 Å². The second-order valence-electron chi connectivity index (χ2n) is 8.11. The molecule has 3 heterocycles. The molecule has 2 bridgehead atoms. The van der Waals surface area contributed by atoms with Crippen molar-refractivity contribution in [1.82, 2.24) is 9.49 Å². The van der Waals surface area contributed by atoms with Crippen molar-refractivity contribution in [2.24, 2.45) is 0 Å². The fraction of sp³-hybridized carbons (Fsp3) is 0.364. The summed E-state index contributed by atoms with van der Waals surface area (Å²) in [6, 6.07) is 4.81. The van der Waals surface area contributed by atoms with E-state index in [0.717, 1.165) is 4.90 Å². The van der Waals surface area contributed by atoms with E-state index in [0.29, 0.717) is 5.69 Å². The van der Waals surface area contributed by atoms with Gasteiger partial charge in [-0.2, -0.15) is 9.80 Å². The molecule has 0 spiro atoms. The number of carboxylic acids is 1. The number of anilines is 2. The summed E-state index contributed by atoms with van der Waals surface area (Å²) in [4.78, 5) is 52.2. The van der Waals surface area contributed by atoms with Crippen molar-refractivity contribution in [1.29, 1.82) is 0 Å². The lowest BCUT2D eigenvalue weighted by Crippen LogP contribution is -2.76. The van der Waals surface area contributed by atoms with Crippen LogP contribution in [0, 0.1) is 0 Å². The van der Waals surface area contributed by atoms with Crippen LogP contribution < -0.4 is 14.5 Å². The maximum absolute atomic E-state index is 13.4. The third-order valence-corrected chi connectivity index (χ3v) is 6.48. The molecule has 0 aromatic heterocycles. The average Bonchev–Trinajstić information content (AvgIpc) is 3.22. The minimum Gasteiger partial charge on any atom is -0.481 e. The number of hydrogen-bond donors (Lipinski definition) is 3. The van der Waals surface area contributed by atoms with Crippen molar-refractivity contribution < 1.29 is 34.5 Å². The predicted octanol–water partition coefficient (Wildman–Crippen LogP) is 3.18. The normalized spacial score (nSPS) is 23.8. The Bertz CT molecular complexity index is 1100. The Morgan fingerprint density at radius 1 is 1.06 bits per heavy atom. The fourth-order valence-corrected chi connectivity index (χ4v) is 5.13. The molecular weight excluding hydrogens is 432 g/mol. The number of Topliss-reactive ketones (excluding diaryl/α,β-unsaturated/α-hetero) is 1. The molecule has 4 rings (SSSR count). The van der Waals surface area contributed by atoms with Gasteiger partial charge in [-0.15, -0.1) is 0 Å². The van der Waals surface area contributed by atoms with Crippen molar-refractivity contribution in [3.05, 3.63) is 42.8 Å². The molecular formula is C22H25N4O7+. The van der Waals surface area contributed by atoms with E-state index in [2.05, 4.69) is 0 Å². The summed E-state index contributed by atoms with van der Waals surface area (Å²) in [5.74, 6) is -1.24. The molecule has 3 aliphatic rings. The molecule has 0 saturated carbocycles. The lowest BCUT2D eigenvalue weighted by Gasteiger charge is -2.48. The van der Waals surface area contributed by atoms with Gasteiger partial charge in [-0.3, -0.25) is 9.59 Å². The number of carboxylic acid groups (broad SMARTS) is 3. The highest BCUT2D eigenvalue weighted by Crippen LogP contribution is 2.57.